The van der Waals surface area contributed by atoms with Crippen LogP contribution in [0.4, 0.5) is 21.6 Å². The molecule has 1 aromatic heterocycles. The molecule has 1 amide bonds. The number of rotatable bonds is 5. The second-order valence-electron chi connectivity index (χ2n) is 7.70. The van der Waals surface area contributed by atoms with Crippen molar-refractivity contribution in [2.75, 3.05) is 49.1 Å². The third kappa shape index (κ3) is 3.84. The van der Waals surface area contributed by atoms with E-state index in [1.54, 1.807) is 23.5 Å². The van der Waals surface area contributed by atoms with E-state index in [4.69, 9.17) is 0 Å². The molecule has 2 aromatic rings. The highest BCUT2D eigenvalue weighted by molar-refractivity contribution is 6.01. The van der Waals surface area contributed by atoms with Crippen molar-refractivity contribution >= 4 is 23.1 Å². The van der Waals surface area contributed by atoms with E-state index >= 15 is 0 Å². The molecule has 0 radical (unpaired) electrons. The molecule has 0 unspecified atom stereocenters. The summed E-state index contributed by atoms with van der Waals surface area (Å²) in [5, 5.41) is 3.41. The van der Waals surface area contributed by atoms with Crippen LogP contribution in [0.3, 0.4) is 0 Å². The van der Waals surface area contributed by atoms with Gasteiger partial charge in [0.05, 0.1) is 17.4 Å². The minimum absolute atomic E-state index is 0.159. The molecular formula is C22H29FN6O. The maximum absolute atomic E-state index is 14.1. The van der Waals surface area contributed by atoms with Gasteiger partial charge in [-0.1, -0.05) is 0 Å². The van der Waals surface area contributed by atoms with E-state index in [-0.39, 0.29) is 5.91 Å². The number of anilines is 3. The van der Waals surface area contributed by atoms with Gasteiger partial charge in [0.25, 0.3) is 5.91 Å². The fourth-order valence-electron chi connectivity index (χ4n) is 4.48. The van der Waals surface area contributed by atoms with Crippen LogP contribution in [0.25, 0.3) is 0 Å². The van der Waals surface area contributed by atoms with Crippen LogP contribution in [0.5, 0.6) is 0 Å². The first-order valence-corrected chi connectivity index (χ1v) is 10.8. The monoisotopic (exact) mass is 412 g/mol. The first-order chi connectivity index (χ1) is 14.6. The van der Waals surface area contributed by atoms with Gasteiger partial charge in [-0.3, -0.25) is 4.79 Å². The summed E-state index contributed by atoms with van der Waals surface area (Å²) < 4.78 is 14.1. The highest BCUT2D eigenvalue weighted by Gasteiger charge is 2.32. The SMILES string of the molecule is CCN(CC)C(=O)c1cc(F)ccc1N1CCN(C2CCNCC2)c2ncncc21. The van der Waals surface area contributed by atoms with Gasteiger partial charge in [0.15, 0.2) is 5.82 Å². The van der Waals surface area contributed by atoms with Gasteiger partial charge < -0.3 is 20.0 Å². The van der Waals surface area contributed by atoms with E-state index < -0.39 is 5.82 Å². The zero-order valence-corrected chi connectivity index (χ0v) is 17.6. The largest absolute Gasteiger partial charge is 0.350 e. The maximum atomic E-state index is 14.1. The summed E-state index contributed by atoms with van der Waals surface area (Å²) in [5.41, 5.74) is 1.95. The normalized spacial score (nSPS) is 17.0. The Balaban J connectivity index is 1.73. The van der Waals surface area contributed by atoms with E-state index in [0.717, 1.165) is 44.0 Å². The highest BCUT2D eigenvalue weighted by atomic mass is 19.1. The lowest BCUT2D eigenvalue weighted by molar-refractivity contribution is 0.0773. The smallest absolute Gasteiger partial charge is 0.256 e. The molecule has 0 spiro atoms. The van der Waals surface area contributed by atoms with Crippen molar-refractivity contribution in [3.63, 3.8) is 0 Å². The van der Waals surface area contributed by atoms with Crippen molar-refractivity contribution in [2.45, 2.75) is 32.7 Å². The Labute approximate surface area is 176 Å². The van der Waals surface area contributed by atoms with Gasteiger partial charge in [-0.15, -0.1) is 0 Å². The molecule has 1 aromatic carbocycles. The van der Waals surface area contributed by atoms with E-state index in [1.807, 2.05) is 13.8 Å². The number of fused-ring (bicyclic) bond motifs is 1. The fourth-order valence-corrected chi connectivity index (χ4v) is 4.48. The Morgan fingerprint density at radius 2 is 1.97 bits per heavy atom. The number of nitrogens with zero attached hydrogens (tertiary/aromatic N) is 5. The molecule has 0 atom stereocenters. The number of aromatic nitrogens is 2. The van der Waals surface area contributed by atoms with Crippen LogP contribution >= 0.6 is 0 Å². The van der Waals surface area contributed by atoms with Crippen LogP contribution in [0.2, 0.25) is 0 Å². The number of halogens is 1. The molecule has 7 nitrogen and oxygen atoms in total. The van der Waals surface area contributed by atoms with Gasteiger partial charge in [0.2, 0.25) is 0 Å². The number of amides is 1. The van der Waals surface area contributed by atoms with Gasteiger partial charge in [0.1, 0.15) is 17.8 Å². The third-order valence-electron chi connectivity index (χ3n) is 6.08. The number of hydrogen-bond donors (Lipinski definition) is 1. The molecule has 2 aliphatic heterocycles. The zero-order valence-electron chi connectivity index (χ0n) is 17.6. The first kappa shape index (κ1) is 20.5. The zero-order chi connectivity index (χ0) is 21.1. The molecule has 2 aliphatic rings. The van der Waals surface area contributed by atoms with Crippen LogP contribution in [-0.2, 0) is 0 Å². The summed E-state index contributed by atoms with van der Waals surface area (Å²) in [6, 6.07) is 4.89. The molecule has 4 rings (SSSR count). The van der Waals surface area contributed by atoms with Crippen molar-refractivity contribution in [2.24, 2.45) is 0 Å². The van der Waals surface area contributed by atoms with E-state index in [0.29, 0.717) is 36.9 Å². The average Bonchev–Trinajstić information content (AvgIpc) is 2.80. The molecule has 1 saturated heterocycles. The minimum Gasteiger partial charge on any atom is -0.350 e. The Bertz CT molecular complexity index is 897. The third-order valence-corrected chi connectivity index (χ3v) is 6.08. The maximum Gasteiger partial charge on any atom is 0.256 e. The number of benzene rings is 1. The molecule has 0 aliphatic carbocycles. The van der Waals surface area contributed by atoms with Gasteiger partial charge >= 0.3 is 0 Å². The molecule has 8 heteroatoms. The Kier molecular flexibility index (Phi) is 6.13. The molecular weight excluding hydrogens is 383 g/mol. The van der Waals surface area contributed by atoms with Crippen LogP contribution in [0, 0.1) is 5.82 Å². The van der Waals surface area contributed by atoms with Crippen LogP contribution in [0.1, 0.15) is 37.0 Å². The van der Waals surface area contributed by atoms with Crippen LogP contribution in [0.15, 0.2) is 30.7 Å². The number of piperidine rings is 1. The first-order valence-electron chi connectivity index (χ1n) is 10.8. The van der Waals surface area contributed by atoms with E-state index in [1.165, 1.54) is 12.1 Å². The van der Waals surface area contributed by atoms with Gasteiger partial charge in [0, 0.05) is 32.2 Å². The molecule has 0 saturated carbocycles. The Morgan fingerprint density at radius 1 is 1.20 bits per heavy atom. The predicted molar refractivity (Wildman–Crippen MR) is 116 cm³/mol. The second-order valence-corrected chi connectivity index (χ2v) is 7.70. The van der Waals surface area contributed by atoms with E-state index in [9.17, 15) is 9.18 Å². The van der Waals surface area contributed by atoms with Gasteiger partial charge in [-0.2, -0.15) is 0 Å². The molecule has 1 N–H and O–H groups in total. The molecule has 0 bridgehead atoms. The van der Waals surface area contributed by atoms with Crippen molar-refractivity contribution in [1.29, 1.82) is 0 Å². The van der Waals surface area contributed by atoms with Crippen molar-refractivity contribution in [3.8, 4) is 0 Å². The fraction of sp³-hybridized carbons (Fsp3) is 0.500. The molecule has 30 heavy (non-hydrogen) atoms. The topological polar surface area (TPSA) is 64.6 Å². The standard InChI is InChI=1S/C22H29FN6O/c1-3-27(4-2)22(30)18-13-16(23)5-6-19(18)29-12-11-28(17-7-9-24-10-8-17)21-20(29)14-25-15-26-21/h5-6,13-15,17,24H,3-4,7-12H2,1-2H3. The minimum atomic E-state index is -0.410. The summed E-state index contributed by atoms with van der Waals surface area (Å²) >= 11 is 0. The average molecular weight is 413 g/mol. The van der Waals surface area contributed by atoms with Gasteiger partial charge in [-0.05, 0) is 58.0 Å². The number of hydrogen-bond acceptors (Lipinski definition) is 6. The second kappa shape index (κ2) is 8.95. The van der Waals surface area contributed by atoms with Crippen LogP contribution < -0.4 is 15.1 Å². The summed E-state index contributed by atoms with van der Waals surface area (Å²) in [6.45, 7) is 8.52. The molecule has 160 valence electrons. The summed E-state index contributed by atoms with van der Waals surface area (Å²) in [5.74, 6) is 0.314. The Hall–Kier alpha value is -2.74. The van der Waals surface area contributed by atoms with Gasteiger partial charge in [-0.25, -0.2) is 14.4 Å². The van der Waals surface area contributed by atoms with Crippen LogP contribution in [-0.4, -0.2) is 66.1 Å². The lowest BCUT2D eigenvalue weighted by Crippen LogP contribution is -2.49. The number of carbonyl (C=O) groups excluding carboxylic acids is 1. The van der Waals surface area contributed by atoms with E-state index in [2.05, 4.69) is 25.1 Å². The van der Waals surface area contributed by atoms with Crippen molar-refractivity contribution in [3.05, 3.63) is 42.1 Å². The quantitative estimate of drug-likeness (QED) is 0.815. The summed E-state index contributed by atoms with van der Waals surface area (Å²) in [7, 11) is 0. The predicted octanol–water partition coefficient (Wildman–Crippen LogP) is 2.81. The summed E-state index contributed by atoms with van der Waals surface area (Å²) in [4.78, 5) is 28.1. The molecule has 1 fully saturated rings. The number of nitrogens with one attached hydrogen (secondary N) is 1. The van der Waals surface area contributed by atoms with Crippen molar-refractivity contribution < 1.29 is 9.18 Å². The summed E-state index contributed by atoms with van der Waals surface area (Å²) in [6.07, 6.45) is 5.52. The Morgan fingerprint density at radius 3 is 2.70 bits per heavy atom. The lowest BCUT2D eigenvalue weighted by Gasteiger charge is -2.43. The van der Waals surface area contributed by atoms with Crippen molar-refractivity contribution in [1.82, 2.24) is 20.2 Å². The number of carbonyl (C=O) groups is 1. The lowest BCUT2D eigenvalue weighted by atomic mass is 10.0. The highest BCUT2D eigenvalue weighted by Crippen LogP contribution is 2.39. The molecule has 3 heterocycles.